The van der Waals surface area contributed by atoms with Gasteiger partial charge in [-0.25, -0.2) is 0 Å². The lowest BCUT2D eigenvalue weighted by atomic mass is 9.45. The molecule has 4 rings (SSSR count). The van der Waals surface area contributed by atoms with Gasteiger partial charge in [-0.05, 0) is 86.0 Å². The molecule has 8 atom stereocenters. The third-order valence-corrected chi connectivity index (χ3v) is 11.0. The van der Waals surface area contributed by atoms with E-state index in [4.69, 9.17) is 0 Å². The second-order valence-corrected chi connectivity index (χ2v) is 13.0. The molecule has 3 saturated carbocycles. The van der Waals surface area contributed by atoms with E-state index >= 15 is 0 Å². The largest absolute Gasteiger partial charge is 0.481 e. The molecule has 0 spiro atoms. The molecule has 0 bridgehead atoms. The first-order chi connectivity index (χ1) is 15.9. The maximum absolute atomic E-state index is 11.3. The molecule has 0 saturated heterocycles. The Hall–Kier alpha value is -1.03. The third kappa shape index (κ3) is 4.38. The van der Waals surface area contributed by atoms with Gasteiger partial charge in [0.1, 0.15) is 5.92 Å². The van der Waals surface area contributed by atoms with Gasteiger partial charge in [0.15, 0.2) is 17.4 Å². The van der Waals surface area contributed by atoms with E-state index in [0.29, 0.717) is 12.8 Å². The first-order valence-corrected chi connectivity index (χ1v) is 13.2. The van der Waals surface area contributed by atoms with Gasteiger partial charge in [0.2, 0.25) is 0 Å². The Labute approximate surface area is 207 Å². The first kappa shape index (κ1) is 27.0. The summed E-state index contributed by atoms with van der Waals surface area (Å²) in [5.74, 6) is -8.45. The summed E-state index contributed by atoms with van der Waals surface area (Å²) in [6.45, 7) is 7.76. The Morgan fingerprint density at radius 2 is 1.69 bits per heavy atom. The SMILES string of the molecule is CC(CCC(O)(O)C(C)C(=O)O)C1CCC2C3C(CC[C@]12C)[C@@]1(C)CCC(O)(O)CC1=CC3(O)O. The van der Waals surface area contributed by atoms with E-state index < -0.39 is 29.2 Å². The fraction of sp³-hybridized carbons (Fsp3) is 0.889. The Kier molecular flexibility index (Phi) is 6.56. The molecule has 3 fully saturated rings. The number of carboxylic acids is 1. The highest BCUT2D eigenvalue weighted by Crippen LogP contribution is 2.69. The number of aliphatic hydroxyl groups is 6. The highest BCUT2D eigenvalue weighted by atomic mass is 16.5. The van der Waals surface area contributed by atoms with Gasteiger partial charge in [-0.2, -0.15) is 0 Å². The van der Waals surface area contributed by atoms with Crippen LogP contribution in [0, 0.1) is 46.3 Å². The maximum Gasteiger partial charge on any atom is 0.311 e. The molecule has 4 aliphatic rings. The van der Waals surface area contributed by atoms with Gasteiger partial charge in [-0.1, -0.05) is 26.3 Å². The summed E-state index contributed by atoms with van der Waals surface area (Å²) in [6, 6.07) is 0. The lowest BCUT2D eigenvalue weighted by Gasteiger charge is -2.61. The molecule has 4 aliphatic carbocycles. The monoisotopic (exact) mass is 496 g/mol. The van der Waals surface area contributed by atoms with E-state index in [1.807, 2.05) is 0 Å². The van der Waals surface area contributed by atoms with Gasteiger partial charge in [-0.3, -0.25) is 4.79 Å². The van der Waals surface area contributed by atoms with Gasteiger partial charge < -0.3 is 35.7 Å². The van der Waals surface area contributed by atoms with Crippen LogP contribution in [0.1, 0.15) is 85.5 Å². The van der Waals surface area contributed by atoms with Crippen molar-refractivity contribution in [1.82, 2.24) is 0 Å². The minimum atomic E-state index is -2.27. The van der Waals surface area contributed by atoms with Crippen molar-refractivity contribution in [2.75, 3.05) is 0 Å². The van der Waals surface area contributed by atoms with Crippen LogP contribution in [-0.4, -0.2) is 59.1 Å². The summed E-state index contributed by atoms with van der Waals surface area (Å²) in [5.41, 5.74) is 0.304. The lowest BCUT2D eigenvalue weighted by molar-refractivity contribution is -0.246. The molecule has 200 valence electrons. The zero-order valence-corrected chi connectivity index (χ0v) is 21.4. The molecule has 8 heteroatoms. The van der Waals surface area contributed by atoms with Crippen molar-refractivity contribution in [3.8, 4) is 0 Å². The highest BCUT2D eigenvalue weighted by molar-refractivity contribution is 5.70. The molecule has 0 aromatic heterocycles. The van der Waals surface area contributed by atoms with E-state index in [1.165, 1.54) is 13.0 Å². The standard InChI is InChI=1S/C27H44O8/c1-15(7-10-26(32,33)16(2)22(28)29)18-5-6-19-21-20(8-9-24(18,19)4)23(3)11-12-25(30,31)13-17(23)14-27(21,34)35/h14-16,18-21,30-35H,5-13H2,1-4H3,(H,28,29)/t15?,16?,18?,19?,20?,21?,23-,24+/m0/s1. The van der Waals surface area contributed by atoms with Crippen molar-refractivity contribution in [2.45, 2.75) is 103 Å². The molecule has 0 aliphatic heterocycles. The topological polar surface area (TPSA) is 159 Å². The van der Waals surface area contributed by atoms with Gasteiger partial charge in [0.25, 0.3) is 0 Å². The van der Waals surface area contributed by atoms with Crippen molar-refractivity contribution >= 4 is 5.97 Å². The number of aliphatic carboxylic acids is 1. The van der Waals surface area contributed by atoms with Crippen molar-refractivity contribution < 1.29 is 40.5 Å². The van der Waals surface area contributed by atoms with Crippen molar-refractivity contribution in [3.63, 3.8) is 0 Å². The number of hydrogen-bond acceptors (Lipinski definition) is 7. The van der Waals surface area contributed by atoms with Crippen LogP contribution in [0.15, 0.2) is 11.6 Å². The molecule has 0 radical (unpaired) electrons. The molecular weight excluding hydrogens is 452 g/mol. The number of carboxylic acid groups (broad SMARTS) is 1. The summed E-state index contributed by atoms with van der Waals surface area (Å²) in [7, 11) is 0. The quantitative estimate of drug-likeness (QED) is 0.218. The second-order valence-electron chi connectivity index (χ2n) is 13.0. The van der Waals surface area contributed by atoms with Gasteiger partial charge in [0.05, 0.1) is 0 Å². The molecule has 8 nitrogen and oxygen atoms in total. The summed E-state index contributed by atoms with van der Waals surface area (Å²) < 4.78 is 0. The minimum Gasteiger partial charge on any atom is -0.481 e. The van der Waals surface area contributed by atoms with Crippen molar-refractivity contribution in [1.29, 1.82) is 0 Å². The third-order valence-electron chi connectivity index (χ3n) is 11.0. The number of rotatable bonds is 6. The van der Waals surface area contributed by atoms with Crippen LogP contribution in [0.25, 0.3) is 0 Å². The highest BCUT2D eigenvalue weighted by Gasteiger charge is 2.65. The summed E-state index contributed by atoms with van der Waals surface area (Å²) in [6.07, 6.45) is 6.36. The van der Waals surface area contributed by atoms with Gasteiger partial charge in [-0.15, -0.1) is 0 Å². The smallest absolute Gasteiger partial charge is 0.311 e. The zero-order valence-electron chi connectivity index (χ0n) is 21.4. The molecule has 35 heavy (non-hydrogen) atoms. The Morgan fingerprint density at radius 1 is 1.03 bits per heavy atom. The predicted molar refractivity (Wildman–Crippen MR) is 127 cm³/mol. The summed E-state index contributed by atoms with van der Waals surface area (Å²) in [5, 5.41) is 72.9. The second kappa shape index (κ2) is 8.50. The van der Waals surface area contributed by atoms with E-state index in [0.717, 1.165) is 31.3 Å². The normalized spacial score (nSPS) is 41.7. The van der Waals surface area contributed by atoms with E-state index in [1.54, 1.807) is 0 Å². The van der Waals surface area contributed by atoms with Crippen LogP contribution in [0.4, 0.5) is 0 Å². The number of fused-ring (bicyclic) bond motifs is 5. The zero-order chi connectivity index (χ0) is 26.2. The van der Waals surface area contributed by atoms with Crippen molar-refractivity contribution in [3.05, 3.63) is 11.6 Å². The van der Waals surface area contributed by atoms with E-state index in [2.05, 4.69) is 20.8 Å². The Balaban J connectivity index is 1.56. The Morgan fingerprint density at radius 3 is 2.31 bits per heavy atom. The average molecular weight is 497 g/mol. The van der Waals surface area contributed by atoms with E-state index in [-0.39, 0.29) is 59.7 Å². The number of hydrogen-bond donors (Lipinski definition) is 7. The summed E-state index contributed by atoms with van der Waals surface area (Å²) in [4.78, 5) is 11.2. The molecular formula is C27H44O8. The summed E-state index contributed by atoms with van der Waals surface area (Å²) >= 11 is 0. The van der Waals surface area contributed by atoms with Gasteiger partial charge in [0, 0.05) is 25.2 Å². The van der Waals surface area contributed by atoms with Crippen molar-refractivity contribution in [2.24, 2.45) is 46.3 Å². The molecule has 0 heterocycles. The van der Waals surface area contributed by atoms with Crippen LogP contribution in [0.5, 0.6) is 0 Å². The number of carbonyl (C=O) groups is 1. The Bertz CT molecular complexity index is 878. The first-order valence-electron chi connectivity index (χ1n) is 13.2. The van der Waals surface area contributed by atoms with Crippen LogP contribution in [-0.2, 0) is 4.79 Å². The average Bonchev–Trinajstić information content (AvgIpc) is 3.09. The van der Waals surface area contributed by atoms with Gasteiger partial charge >= 0.3 is 5.97 Å². The van der Waals surface area contributed by atoms with Crippen LogP contribution in [0.3, 0.4) is 0 Å². The maximum atomic E-state index is 11.3. The lowest BCUT2D eigenvalue weighted by Crippen LogP contribution is -2.60. The van der Waals surface area contributed by atoms with Crippen LogP contribution >= 0.6 is 0 Å². The predicted octanol–water partition coefficient (Wildman–Crippen LogP) is 2.36. The fourth-order valence-electron chi connectivity index (χ4n) is 8.69. The van der Waals surface area contributed by atoms with E-state index in [9.17, 15) is 40.5 Å². The molecule has 7 N–H and O–H groups in total. The molecule has 0 aromatic rings. The van der Waals surface area contributed by atoms with Crippen LogP contribution < -0.4 is 0 Å². The minimum absolute atomic E-state index is 0.0247. The van der Waals surface area contributed by atoms with Crippen LogP contribution in [0.2, 0.25) is 0 Å². The molecule has 0 amide bonds. The molecule has 0 aromatic carbocycles. The molecule has 6 unspecified atom stereocenters. The fourth-order valence-corrected chi connectivity index (χ4v) is 8.69.